The lowest BCUT2D eigenvalue weighted by Gasteiger charge is -2.32. The molecule has 3 heteroatoms. The molecule has 200 valence electrons. The molecule has 2 fully saturated rings. The van der Waals surface area contributed by atoms with E-state index in [1.807, 2.05) is 0 Å². The van der Waals surface area contributed by atoms with E-state index in [4.69, 9.17) is 4.74 Å². The molecule has 0 heterocycles. The fraction of sp³-hybridized carbons (Fsp3) is 0.812. The van der Waals surface area contributed by atoms with Gasteiger partial charge in [0.1, 0.15) is 0 Å². The molecule has 0 radical (unpaired) electrons. The average molecular weight is 491 g/mol. The Morgan fingerprint density at radius 2 is 1.17 bits per heavy atom. The number of unbranched alkanes of at least 4 members (excludes halogenated alkanes) is 6. The van der Waals surface area contributed by atoms with Gasteiger partial charge in [-0.1, -0.05) is 110 Å². The Morgan fingerprint density at radius 3 is 1.80 bits per heavy atom. The summed E-state index contributed by atoms with van der Waals surface area (Å²) in [4.78, 5) is 0. The molecule has 0 bridgehead atoms. The molecule has 2 aliphatic rings. The van der Waals surface area contributed by atoms with E-state index < -0.39 is 11.6 Å². The van der Waals surface area contributed by atoms with Gasteiger partial charge in [0, 0.05) is 0 Å². The lowest BCUT2D eigenvalue weighted by Crippen LogP contribution is -2.18. The molecular formula is C32H52F2O. The van der Waals surface area contributed by atoms with E-state index in [1.165, 1.54) is 77.0 Å². The highest BCUT2D eigenvalue weighted by Crippen LogP contribution is 2.41. The van der Waals surface area contributed by atoms with Gasteiger partial charge in [-0.05, 0) is 67.4 Å². The summed E-state index contributed by atoms with van der Waals surface area (Å²) in [5.41, 5.74) is 0.565. The summed E-state index contributed by atoms with van der Waals surface area (Å²) in [5, 5.41) is 0. The molecule has 2 aliphatic carbocycles. The first-order valence-corrected chi connectivity index (χ1v) is 15.2. The lowest BCUT2D eigenvalue weighted by atomic mass is 9.74. The van der Waals surface area contributed by atoms with Crippen molar-refractivity contribution in [1.82, 2.24) is 0 Å². The standard InChI is InChI=1S/C32H52F2O/c1-3-5-7-8-9-11-25-12-14-26(15-13-25)16-17-27-18-20-28(21-19-27)29-22-23-30(32(34)31(29)33)35-24-10-6-4-2/h22-23,25-28H,3-21,24H2,1-2H3/t25?,26?,27-,28-. The SMILES string of the molecule is CCCCCCCC1CCC(CC[C@H]2CC[C@H](c3ccc(OCCCCC)c(F)c3F)CC2)CC1. The second kappa shape index (κ2) is 15.9. The zero-order valence-corrected chi connectivity index (χ0v) is 22.8. The van der Waals surface area contributed by atoms with E-state index in [2.05, 4.69) is 13.8 Å². The van der Waals surface area contributed by atoms with Crippen LogP contribution in [0, 0.1) is 29.4 Å². The molecule has 0 aliphatic heterocycles. The Hall–Kier alpha value is -1.12. The molecule has 0 saturated heterocycles. The van der Waals surface area contributed by atoms with Crippen LogP contribution in [-0.4, -0.2) is 6.61 Å². The summed E-state index contributed by atoms with van der Waals surface area (Å²) in [5.74, 6) is 1.45. The Kier molecular flexibility index (Phi) is 12.9. The summed E-state index contributed by atoms with van der Waals surface area (Å²) in [6.45, 7) is 4.86. The molecule has 1 nitrogen and oxygen atoms in total. The van der Waals surface area contributed by atoms with E-state index in [-0.39, 0.29) is 11.7 Å². The van der Waals surface area contributed by atoms with Gasteiger partial charge in [0.15, 0.2) is 11.6 Å². The van der Waals surface area contributed by atoms with Crippen molar-refractivity contribution >= 4 is 0 Å². The van der Waals surface area contributed by atoms with Crippen molar-refractivity contribution < 1.29 is 13.5 Å². The predicted molar refractivity (Wildman–Crippen MR) is 144 cm³/mol. The van der Waals surface area contributed by atoms with E-state index in [0.717, 1.165) is 62.7 Å². The van der Waals surface area contributed by atoms with Crippen molar-refractivity contribution in [1.29, 1.82) is 0 Å². The summed E-state index contributed by atoms with van der Waals surface area (Å²) in [6.07, 6.45) is 24.3. The van der Waals surface area contributed by atoms with Crippen molar-refractivity contribution in [3.05, 3.63) is 29.3 Å². The third kappa shape index (κ3) is 9.36. The highest BCUT2D eigenvalue weighted by Gasteiger charge is 2.28. The van der Waals surface area contributed by atoms with Gasteiger partial charge in [-0.25, -0.2) is 4.39 Å². The van der Waals surface area contributed by atoms with Gasteiger partial charge in [-0.2, -0.15) is 4.39 Å². The average Bonchev–Trinajstić information content (AvgIpc) is 2.89. The summed E-state index contributed by atoms with van der Waals surface area (Å²) in [7, 11) is 0. The topological polar surface area (TPSA) is 9.23 Å². The molecule has 0 aromatic heterocycles. The normalized spacial score (nSPS) is 25.0. The van der Waals surface area contributed by atoms with E-state index in [1.54, 1.807) is 12.1 Å². The van der Waals surface area contributed by atoms with Crippen LogP contribution in [0.1, 0.15) is 147 Å². The maximum atomic E-state index is 14.8. The van der Waals surface area contributed by atoms with Crippen molar-refractivity contribution in [2.45, 2.75) is 142 Å². The highest BCUT2D eigenvalue weighted by atomic mass is 19.2. The zero-order chi connectivity index (χ0) is 24.9. The number of ether oxygens (including phenoxy) is 1. The number of rotatable bonds is 15. The molecule has 3 rings (SSSR count). The first-order chi connectivity index (χ1) is 17.1. The van der Waals surface area contributed by atoms with Gasteiger partial charge < -0.3 is 4.74 Å². The third-order valence-corrected chi connectivity index (χ3v) is 9.03. The van der Waals surface area contributed by atoms with Crippen LogP contribution in [0.5, 0.6) is 5.75 Å². The summed E-state index contributed by atoms with van der Waals surface area (Å²) in [6, 6.07) is 3.42. The second-order valence-electron chi connectivity index (χ2n) is 11.7. The Morgan fingerprint density at radius 1 is 0.629 bits per heavy atom. The van der Waals surface area contributed by atoms with Gasteiger partial charge in [-0.3, -0.25) is 0 Å². The molecule has 0 unspecified atom stereocenters. The molecule has 0 spiro atoms. The molecule has 1 aromatic carbocycles. The zero-order valence-electron chi connectivity index (χ0n) is 22.8. The van der Waals surface area contributed by atoms with Gasteiger partial charge >= 0.3 is 0 Å². The largest absolute Gasteiger partial charge is 0.490 e. The number of hydrogen-bond acceptors (Lipinski definition) is 1. The Bertz CT molecular complexity index is 702. The highest BCUT2D eigenvalue weighted by molar-refractivity contribution is 5.33. The molecule has 0 amide bonds. The first kappa shape index (κ1) is 28.5. The number of benzene rings is 1. The maximum Gasteiger partial charge on any atom is 0.200 e. The summed E-state index contributed by atoms with van der Waals surface area (Å²) >= 11 is 0. The van der Waals surface area contributed by atoms with Gasteiger partial charge in [-0.15, -0.1) is 0 Å². The monoisotopic (exact) mass is 490 g/mol. The molecular weight excluding hydrogens is 438 g/mol. The quantitative estimate of drug-likeness (QED) is 0.222. The van der Waals surface area contributed by atoms with Gasteiger partial charge in [0.2, 0.25) is 5.82 Å². The van der Waals surface area contributed by atoms with Crippen LogP contribution >= 0.6 is 0 Å². The van der Waals surface area contributed by atoms with E-state index in [9.17, 15) is 8.78 Å². The van der Waals surface area contributed by atoms with E-state index >= 15 is 0 Å². The van der Waals surface area contributed by atoms with Crippen LogP contribution in [0.3, 0.4) is 0 Å². The number of halogens is 2. The minimum Gasteiger partial charge on any atom is -0.490 e. The molecule has 0 N–H and O–H groups in total. The van der Waals surface area contributed by atoms with Crippen LogP contribution in [0.15, 0.2) is 12.1 Å². The van der Waals surface area contributed by atoms with Crippen molar-refractivity contribution in [3.63, 3.8) is 0 Å². The Labute approximate surface area is 214 Å². The smallest absolute Gasteiger partial charge is 0.200 e. The molecule has 35 heavy (non-hydrogen) atoms. The van der Waals surface area contributed by atoms with Crippen molar-refractivity contribution in [3.8, 4) is 5.75 Å². The van der Waals surface area contributed by atoms with Crippen molar-refractivity contribution in [2.24, 2.45) is 17.8 Å². The van der Waals surface area contributed by atoms with Crippen molar-refractivity contribution in [2.75, 3.05) is 6.61 Å². The van der Waals surface area contributed by atoms with Crippen LogP contribution < -0.4 is 4.74 Å². The van der Waals surface area contributed by atoms with Crippen LogP contribution in [0.25, 0.3) is 0 Å². The van der Waals surface area contributed by atoms with Crippen LogP contribution in [0.2, 0.25) is 0 Å². The second-order valence-corrected chi connectivity index (χ2v) is 11.7. The third-order valence-electron chi connectivity index (χ3n) is 9.03. The fourth-order valence-electron chi connectivity index (χ4n) is 6.59. The lowest BCUT2D eigenvalue weighted by molar-refractivity contribution is 0.221. The maximum absolute atomic E-state index is 14.8. The Balaban J connectivity index is 1.33. The minimum atomic E-state index is -0.794. The first-order valence-electron chi connectivity index (χ1n) is 15.2. The summed E-state index contributed by atoms with van der Waals surface area (Å²) < 4.78 is 34.9. The number of hydrogen-bond donors (Lipinski definition) is 0. The van der Waals surface area contributed by atoms with Crippen LogP contribution in [0.4, 0.5) is 8.78 Å². The van der Waals surface area contributed by atoms with E-state index in [0.29, 0.717) is 12.2 Å². The molecule has 0 atom stereocenters. The van der Waals surface area contributed by atoms with Gasteiger partial charge in [0.25, 0.3) is 0 Å². The fourth-order valence-corrected chi connectivity index (χ4v) is 6.59. The molecule has 1 aromatic rings. The van der Waals surface area contributed by atoms with Gasteiger partial charge in [0.05, 0.1) is 6.61 Å². The minimum absolute atomic E-state index is 0.0715. The predicted octanol–water partition coefficient (Wildman–Crippen LogP) is 10.8. The van der Waals surface area contributed by atoms with Crippen LogP contribution in [-0.2, 0) is 0 Å². The molecule has 2 saturated carbocycles.